The van der Waals surface area contributed by atoms with E-state index in [0.29, 0.717) is 6.54 Å². The highest BCUT2D eigenvalue weighted by molar-refractivity contribution is 5.74. The molecule has 2 aromatic rings. The van der Waals surface area contributed by atoms with Crippen LogP contribution in [-0.4, -0.2) is 20.3 Å². The van der Waals surface area contributed by atoms with Gasteiger partial charge >= 0.3 is 0 Å². The monoisotopic (exact) mass is 190 g/mol. The summed E-state index contributed by atoms with van der Waals surface area (Å²) in [7, 11) is 0. The summed E-state index contributed by atoms with van der Waals surface area (Å²) in [5.41, 5.74) is 1.33. The van der Waals surface area contributed by atoms with E-state index in [9.17, 15) is 5.11 Å². The first-order chi connectivity index (χ1) is 6.56. The molecule has 3 nitrogen and oxygen atoms in total. The molecule has 0 aliphatic rings. The van der Waals surface area contributed by atoms with Crippen molar-refractivity contribution in [2.24, 2.45) is 0 Å². The molecule has 0 atom stereocenters. The van der Waals surface area contributed by atoms with Gasteiger partial charge in [0.1, 0.15) is 0 Å². The van der Waals surface area contributed by atoms with Crippen molar-refractivity contribution in [3.05, 3.63) is 30.6 Å². The molecule has 74 valence electrons. The highest BCUT2D eigenvalue weighted by Gasteiger charge is 2.14. The Morgan fingerprint density at radius 3 is 2.79 bits per heavy atom. The lowest BCUT2D eigenvalue weighted by molar-refractivity contribution is 0.0627. The number of nitrogens with zero attached hydrogens (tertiary/aromatic N) is 2. The van der Waals surface area contributed by atoms with Crippen LogP contribution in [0.15, 0.2) is 30.6 Å². The summed E-state index contributed by atoms with van der Waals surface area (Å²) in [4.78, 5) is 4.25. The van der Waals surface area contributed by atoms with Gasteiger partial charge in [-0.05, 0) is 26.0 Å². The molecule has 1 N–H and O–H groups in total. The molecule has 0 unspecified atom stereocenters. The highest BCUT2D eigenvalue weighted by Crippen LogP contribution is 2.14. The molecule has 0 saturated carbocycles. The van der Waals surface area contributed by atoms with Gasteiger partial charge in [-0.3, -0.25) is 0 Å². The van der Waals surface area contributed by atoms with Crippen molar-refractivity contribution in [1.82, 2.24) is 9.55 Å². The zero-order chi connectivity index (χ0) is 10.2. The van der Waals surface area contributed by atoms with Gasteiger partial charge in [0.05, 0.1) is 29.5 Å². The van der Waals surface area contributed by atoms with Crippen LogP contribution in [0.25, 0.3) is 11.0 Å². The minimum Gasteiger partial charge on any atom is -0.389 e. The van der Waals surface area contributed by atoms with E-state index in [1.54, 1.807) is 20.2 Å². The van der Waals surface area contributed by atoms with Crippen LogP contribution in [0, 0.1) is 0 Å². The normalized spacial score (nSPS) is 12.2. The fraction of sp³-hybridized carbons (Fsp3) is 0.364. The molecule has 0 saturated heterocycles. The Kier molecular flexibility index (Phi) is 2.04. The van der Waals surface area contributed by atoms with Crippen molar-refractivity contribution in [3.63, 3.8) is 0 Å². The summed E-state index contributed by atoms with van der Waals surface area (Å²) >= 11 is 0. The zero-order valence-corrected chi connectivity index (χ0v) is 8.44. The van der Waals surface area contributed by atoms with E-state index < -0.39 is 5.60 Å². The quantitative estimate of drug-likeness (QED) is 0.784. The molecule has 0 bridgehead atoms. The maximum absolute atomic E-state index is 9.70. The fourth-order valence-corrected chi connectivity index (χ4v) is 1.55. The molecule has 0 aliphatic carbocycles. The van der Waals surface area contributed by atoms with E-state index in [4.69, 9.17) is 0 Å². The van der Waals surface area contributed by atoms with Crippen LogP contribution < -0.4 is 0 Å². The van der Waals surface area contributed by atoms with E-state index in [-0.39, 0.29) is 0 Å². The van der Waals surface area contributed by atoms with Crippen LogP contribution in [-0.2, 0) is 6.54 Å². The molecular formula is C11H14N2O. The van der Waals surface area contributed by atoms with Crippen molar-refractivity contribution in [2.75, 3.05) is 0 Å². The Hall–Kier alpha value is -1.35. The maximum Gasteiger partial charge on any atom is 0.0959 e. The summed E-state index contributed by atoms with van der Waals surface area (Å²) in [5, 5.41) is 9.70. The standard InChI is InChI=1S/C11H14N2O/c1-11(2,14)7-13-8-12-9-5-3-4-6-10(9)13/h3-6,8,14H,7H2,1-2H3. The first kappa shape index (κ1) is 9.21. The van der Waals surface area contributed by atoms with Crippen molar-refractivity contribution in [1.29, 1.82) is 0 Å². The Bertz CT molecular complexity index is 440. The minimum atomic E-state index is -0.705. The number of aromatic nitrogens is 2. The SMILES string of the molecule is CC(C)(O)Cn1cnc2ccccc21. The van der Waals surface area contributed by atoms with Gasteiger partial charge in [-0.15, -0.1) is 0 Å². The fourth-order valence-electron chi connectivity index (χ4n) is 1.55. The molecule has 0 radical (unpaired) electrons. The second kappa shape index (κ2) is 3.10. The molecule has 14 heavy (non-hydrogen) atoms. The lowest BCUT2D eigenvalue weighted by atomic mass is 10.1. The number of hydrogen-bond donors (Lipinski definition) is 1. The Labute approximate surface area is 83.0 Å². The van der Waals surface area contributed by atoms with Gasteiger partial charge in [-0.2, -0.15) is 0 Å². The number of para-hydroxylation sites is 2. The number of aliphatic hydroxyl groups is 1. The number of fused-ring (bicyclic) bond motifs is 1. The third kappa shape index (κ3) is 1.77. The van der Waals surface area contributed by atoms with Gasteiger partial charge in [0, 0.05) is 0 Å². The van der Waals surface area contributed by atoms with Crippen LogP contribution in [0.2, 0.25) is 0 Å². The van der Waals surface area contributed by atoms with E-state index >= 15 is 0 Å². The van der Waals surface area contributed by atoms with Crippen molar-refractivity contribution in [3.8, 4) is 0 Å². The van der Waals surface area contributed by atoms with E-state index in [0.717, 1.165) is 11.0 Å². The van der Waals surface area contributed by atoms with E-state index in [2.05, 4.69) is 4.98 Å². The number of imidazole rings is 1. The van der Waals surface area contributed by atoms with Gasteiger partial charge in [0.2, 0.25) is 0 Å². The summed E-state index contributed by atoms with van der Waals surface area (Å²) in [6, 6.07) is 7.92. The first-order valence-electron chi connectivity index (χ1n) is 4.68. The van der Waals surface area contributed by atoms with Crippen LogP contribution in [0.1, 0.15) is 13.8 Å². The number of benzene rings is 1. The maximum atomic E-state index is 9.70. The number of hydrogen-bond acceptors (Lipinski definition) is 2. The van der Waals surface area contributed by atoms with Gasteiger partial charge in [-0.25, -0.2) is 4.98 Å². The van der Waals surface area contributed by atoms with Crippen molar-refractivity contribution >= 4 is 11.0 Å². The molecular weight excluding hydrogens is 176 g/mol. The van der Waals surface area contributed by atoms with Crippen LogP contribution in [0.5, 0.6) is 0 Å². The summed E-state index contributed by atoms with van der Waals surface area (Å²) < 4.78 is 1.97. The van der Waals surface area contributed by atoms with Crippen LogP contribution >= 0.6 is 0 Å². The molecule has 0 aliphatic heterocycles. The van der Waals surface area contributed by atoms with Gasteiger partial charge in [0.15, 0.2) is 0 Å². The molecule has 3 heteroatoms. The van der Waals surface area contributed by atoms with E-state index in [1.807, 2.05) is 28.8 Å². The summed E-state index contributed by atoms with van der Waals surface area (Å²) in [6.07, 6.45) is 1.77. The molecule has 0 spiro atoms. The average molecular weight is 190 g/mol. The first-order valence-corrected chi connectivity index (χ1v) is 4.68. The summed E-state index contributed by atoms with van der Waals surface area (Å²) in [5.74, 6) is 0. The second-order valence-corrected chi connectivity index (χ2v) is 4.17. The molecule has 2 rings (SSSR count). The smallest absolute Gasteiger partial charge is 0.0959 e. The lowest BCUT2D eigenvalue weighted by Crippen LogP contribution is -2.25. The van der Waals surface area contributed by atoms with Gasteiger partial charge in [0.25, 0.3) is 0 Å². The third-order valence-corrected chi connectivity index (χ3v) is 2.08. The Morgan fingerprint density at radius 2 is 2.07 bits per heavy atom. The average Bonchev–Trinajstić information content (AvgIpc) is 2.47. The largest absolute Gasteiger partial charge is 0.389 e. The minimum absolute atomic E-state index is 0.563. The second-order valence-electron chi connectivity index (χ2n) is 4.17. The predicted octanol–water partition coefficient (Wildman–Crippen LogP) is 1.81. The van der Waals surface area contributed by atoms with Gasteiger partial charge < -0.3 is 9.67 Å². The topological polar surface area (TPSA) is 38.0 Å². The van der Waals surface area contributed by atoms with Crippen LogP contribution in [0.3, 0.4) is 0 Å². The highest BCUT2D eigenvalue weighted by atomic mass is 16.3. The van der Waals surface area contributed by atoms with E-state index in [1.165, 1.54) is 0 Å². The van der Waals surface area contributed by atoms with Crippen molar-refractivity contribution in [2.45, 2.75) is 26.0 Å². The number of rotatable bonds is 2. The Morgan fingerprint density at radius 1 is 1.36 bits per heavy atom. The lowest BCUT2D eigenvalue weighted by Gasteiger charge is -2.17. The molecule has 0 fully saturated rings. The molecule has 0 amide bonds. The predicted molar refractivity (Wildman–Crippen MR) is 56.0 cm³/mol. The molecule has 1 aromatic heterocycles. The van der Waals surface area contributed by atoms with Gasteiger partial charge in [-0.1, -0.05) is 12.1 Å². The zero-order valence-electron chi connectivity index (χ0n) is 8.44. The summed E-state index contributed by atoms with van der Waals surface area (Å²) in [6.45, 7) is 4.15. The molecule has 1 aromatic carbocycles. The van der Waals surface area contributed by atoms with Crippen molar-refractivity contribution < 1.29 is 5.11 Å². The Balaban J connectivity index is 2.44. The van der Waals surface area contributed by atoms with Crippen LogP contribution in [0.4, 0.5) is 0 Å². The molecule has 1 heterocycles. The third-order valence-electron chi connectivity index (χ3n) is 2.08.